The maximum atomic E-state index is 11.5. The van der Waals surface area contributed by atoms with Crippen LogP contribution in [0.3, 0.4) is 0 Å². The Morgan fingerprint density at radius 2 is 1.86 bits per heavy atom. The predicted octanol–water partition coefficient (Wildman–Crippen LogP) is 4.21. The van der Waals surface area contributed by atoms with Crippen molar-refractivity contribution in [1.82, 2.24) is 0 Å². The van der Waals surface area contributed by atoms with Gasteiger partial charge in [-0.15, -0.1) is 6.58 Å². The average Bonchev–Trinajstić information content (AvgIpc) is 2.39. The Morgan fingerprint density at radius 3 is 2.43 bits per heavy atom. The Balaban J connectivity index is 2.61. The van der Waals surface area contributed by atoms with E-state index in [2.05, 4.69) is 12.6 Å². The van der Waals surface area contributed by atoms with E-state index in [4.69, 9.17) is 0 Å². The van der Waals surface area contributed by atoms with Crippen molar-refractivity contribution in [2.75, 3.05) is 0 Å². The Bertz CT molecular complexity index is 818. The normalized spacial score (nSPS) is 11.8. The van der Waals surface area contributed by atoms with Gasteiger partial charge >= 0.3 is 0 Å². The first-order chi connectivity index (χ1) is 9.70. The number of hydrogen-bond donors (Lipinski definition) is 1. The van der Waals surface area contributed by atoms with Crippen LogP contribution in [0.4, 0.5) is 0 Å². The van der Waals surface area contributed by atoms with Crippen molar-refractivity contribution < 1.29 is 13.0 Å². The third-order valence-corrected chi connectivity index (χ3v) is 4.84. The summed E-state index contributed by atoms with van der Waals surface area (Å²) >= 11 is 0. The molecule has 0 unspecified atom stereocenters. The second kappa shape index (κ2) is 5.62. The first kappa shape index (κ1) is 15.7. The fourth-order valence-electron chi connectivity index (χ4n) is 2.49. The molecule has 0 aromatic heterocycles. The number of fused-ring (bicyclic) bond motifs is 1. The minimum absolute atomic E-state index is 0.00967. The summed E-state index contributed by atoms with van der Waals surface area (Å²) in [7, 11) is -4.20. The lowest BCUT2D eigenvalue weighted by molar-refractivity contribution is 0.482. The van der Waals surface area contributed by atoms with Gasteiger partial charge in [0.1, 0.15) is 0 Å². The van der Waals surface area contributed by atoms with Crippen molar-refractivity contribution >= 4 is 20.9 Å². The lowest BCUT2D eigenvalue weighted by atomic mass is 9.97. The van der Waals surface area contributed by atoms with E-state index in [-0.39, 0.29) is 4.90 Å². The Morgan fingerprint density at radius 1 is 1.19 bits per heavy atom. The zero-order valence-electron chi connectivity index (χ0n) is 12.6. The van der Waals surface area contributed by atoms with Crippen molar-refractivity contribution in [3.05, 3.63) is 53.1 Å². The van der Waals surface area contributed by atoms with Crippen molar-refractivity contribution in [2.24, 2.45) is 0 Å². The highest BCUT2D eigenvalue weighted by molar-refractivity contribution is 7.85. The molecule has 0 amide bonds. The predicted molar refractivity (Wildman–Crippen MR) is 86.4 cm³/mol. The third kappa shape index (κ3) is 3.34. The van der Waals surface area contributed by atoms with Crippen LogP contribution in [0.25, 0.3) is 10.8 Å². The number of rotatable bonds is 4. The van der Waals surface area contributed by atoms with E-state index >= 15 is 0 Å². The van der Waals surface area contributed by atoms with Crippen molar-refractivity contribution in [1.29, 1.82) is 0 Å². The summed E-state index contributed by atoms with van der Waals surface area (Å²) in [5.41, 5.74) is 3.73. The largest absolute Gasteiger partial charge is 0.294 e. The Labute approximate surface area is 126 Å². The fourth-order valence-corrected chi connectivity index (χ4v) is 3.31. The topological polar surface area (TPSA) is 54.4 Å². The van der Waals surface area contributed by atoms with Crippen LogP contribution in [0.1, 0.15) is 30.0 Å². The summed E-state index contributed by atoms with van der Waals surface area (Å²) in [6, 6.07) is 7.61. The molecule has 112 valence electrons. The van der Waals surface area contributed by atoms with Gasteiger partial charge in [-0.25, -0.2) is 0 Å². The summed E-state index contributed by atoms with van der Waals surface area (Å²) in [5.74, 6) is 0. The maximum Gasteiger partial charge on any atom is 0.294 e. The minimum Gasteiger partial charge on any atom is -0.282 e. The van der Waals surface area contributed by atoms with E-state index in [1.165, 1.54) is 0 Å². The molecule has 0 fully saturated rings. The smallest absolute Gasteiger partial charge is 0.282 e. The van der Waals surface area contributed by atoms with Crippen LogP contribution in [0.5, 0.6) is 0 Å². The van der Waals surface area contributed by atoms with Gasteiger partial charge < -0.3 is 0 Å². The molecule has 0 saturated heterocycles. The van der Waals surface area contributed by atoms with E-state index < -0.39 is 10.1 Å². The third-order valence-electron chi connectivity index (χ3n) is 3.86. The summed E-state index contributed by atoms with van der Waals surface area (Å²) in [5, 5.41) is 1.85. The molecule has 2 rings (SSSR count). The van der Waals surface area contributed by atoms with Crippen LogP contribution in [-0.2, 0) is 16.5 Å². The van der Waals surface area contributed by atoms with E-state index in [1.54, 1.807) is 13.0 Å². The molecular weight excluding hydrogens is 284 g/mol. The molecule has 2 aromatic carbocycles. The number of aryl methyl sites for hydroxylation is 2. The molecule has 0 heterocycles. The van der Waals surface area contributed by atoms with Crippen LogP contribution in [0.15, 0.2) is 41.3 Å². The molecule has 0 aliphatic rings. The molecule has 0 aliphatic heterocycles. The Hall–Kier alpha value is -1.65. The highest BCUT2D eigenvalue weighted by Crippen LogP contribution is 2.29. The fraction of sp³-hybridized carbons (Fsp3) is 0.294. The van der Waals surface area contributed by atoms with Crippen molar-refractivity contribution in [3.8, 4) is 0 Å². The van der Waals surface area contributed by atoms with Crippen LogP contribution in [0.2, 0.25) is 0 Å². The van der Waals surface area contributed by atoms with Crippen molar-refractivity contribution in [3.63, 3.8) is 0 Å². The first-order valence-corrected chi connectivity index (χ1v) is 8.29. The standard InChI is InChI=1S/C17H20O3S/c1-11(2)5-6-14-7-8-16-12(3)13(4)17(21(18,19)20)10-15(16)9-14/h7-10H,1,5-6H2,2-4H3,(H,18,19,20). The van der Waals surface area contributed by atoms with Gasteiger partial charge in [0.2, 0.25) is 0 Å². The van der Waals surface area contributed by atoms with Gasteiger partial charge in [0.25, 0.3) is 10.1 Å². The summed E-state index contributed by atoms with van der Waals surface area (Å²) in [6.45, 7) is 9.47. The van der Waals surface area contributed by atoms with Gasteiger partial charge in [0.05, 0.1) is 4.90 Å². The van der Waals surface area contributed by atoms with Gasteiger partial charge in [-0.05, 0) is 67.1 Å². The highest BCUT2D eigenvalue weighted by atomic mass is 32.2. The molecule has 0 saturated carbocycles. The number of benzene rings is 2. The second-order valence-corrected chi connectivity index (χ2v) is 7.00. The van der Waals surface area contributed by atoms with Crippen LogP contribution >= 0.6 is 0 Å². The second-order valence-electron chi connectivity index (χ2n) is 5.61. The summed E-state index contributed by atoms with van der Waals surface area (Å²) in [6.07, 6.45) is 1.78. The van der Waals surface area contributed by atoms with E-state index in [9.17, 15) is 13.0 Å². The molecule has 0 aliphatic carbocycles. The zero-order chi connectivity index (χ0) is 15.8. The minimum atomic E-state index is -4.20. The van der Waals surface area contributed by atoms with Crippen LogP contribution in [0, 0.1) is 13.8 Å². The lowest BCUT2D eigenvalue weighted by Crippen LogP contribution is -2.03. The summed E-state index contributed by atoms with van der Waals surface area (Å²) < 4.78 is 32.3. The zero-order valence-corrected chi connectivity index (χ0v) is 13.4. The quantitative estimate of drug-likeness (QED) is 0.680. The van der Waals surface area contributed by atoms with Gasteiger partial charge in [-0.2, -0.15) is 8.42 Å². The van der Waals surface area contributed by atoms with Crippen LogP contribution < -0.4 is 0 Å². The summed E-state index contributed by atoms with van der Waals surface area (Å²) in [4.78, 5) is -0.00967. The van der Waals surface area contributed by atoms with Gasteiger partial charge in [0, 0.05) is 0 Å². The monoisotopic (exact) mass is 304 g/mol. The maximum absolute atomic E-state index is 11.5. The SMILES string of the molecule is C=C(C)CCc1ccc2c(C)c(C)c(S(=O)(=O)O)cc2c1. The molecule has 0 atom stereocenters. The average molecular weight is 304 g/mol. The van der Waals surface area contributed by atoms with Crippen LogP contribution in [-0.4, -0.2) is 13.0 Å². The number of hydrogen-bond acceptors (Lipinski definition) is 2. The molecule has 0 bridgehead atoms. The molecule has 21 heavy (non-hydrogen) atoms. The van der Waals surface area contributed by atoms with E-state index in [1.807, 2.05) is 26.0 Å². The van der Waals surface area contributed by atoms with Gasteiger partial charge in [0.15, 0.2) is 0 Å². The molecular formula is C17H20O3S. The number of allylic oxidation sites excluding steroid dienone is 1. The molecule has 2 aromatic rings. The molecule has 3 nitrogen and oxygen atoms in total. The lowest BCUT2D eigenvalue weighted by Gasteiger charge is -2.12. The molecule has 0 radical (unpaired) electrons. The van der Waals surface area contributed by atoms with Crippen molar-refractivity contribution in [2.45, 2.75) is 38.5 Å². The molecule has 0 spiro atoms. The Kier molecular flexibility index (Phi) is 4.21. The molecule has 4 heteroatoms. The van der Waals surface area contributed by atoms with E-state index in [0.717, 1.165) is 40.3 Å². The van der Waals surface area contributed by atoms with E-state index in [0.29, 0.717) is 5.56 Å². The highest BCUT2D eigenvalue weighted by Gasteiger charge is 2.16. The molecule has 1 N–H and O–H groups in total. The van der Waals surface area contributed by atoms with Gasteiger partial charge in [-0.3, -0.25) is 4.55 Å². The van der Waals surface area contributed by atoms with Gasteiger partial charge in [-0.1, -0.05) is 23.8 Å². The first-order valence-electron chi connectivity index (χ1n) is 6.85.